The Morgan fingerprint density at radius 3 is 2.52 bits per heavy atom. The van der Waals surface area contributed by atoms with Crippen molar-refractivity contribution in [2.45, 2.75) is 64.6 Å². The lowest BCUT2D eigenvalue weighted by molar-refractivity contribution is 0.0110. The Hall–Kier alpha value is -1.92. The van der Waals surface area contributed by atoms with E-state index < -0.39 is 5.83 Å². The fourth-order valence-corrected chi connectivity index (χ4v) is 3.18. The summed E-state index contributed by atoms with van der Waals surface area (Å²) in [5.74, 6) is -0.283. The largest absolute Gasteiger partial charge is 0.374 e. The third kappa shape index (κ3) is 7.23. The van der Waals surface area contributed by atoms with Crippen LogP contribution in [0.2, 0.25) is 0 Å². The normalized spacial score (nSPS) is 21.4. The number of nitriles is 1. The summed E-state index contributed by atoms with van der Waals surface area (Å²) in [6, 6.07) is 10.3. The molecule has 134 valence electrons. The minimum Gasteiger partial charge on any atom is -0.374 e. The van der Waals surface area contributed by atoms with Gasteiger partial charge < -0.3 is 4.74 Å². The van der Waals surface area contributed by atoms with Gasteiger partial charge in [-0.15, -0.1) is 0 Å². The molecule has 2 rings (SSSR count). The van der Waals surface area contributed by atoms with Crippen molar-refractivity contribution in [1.82, 2.24) is 0 Å². The highest BCUT2D eigenvalue weighted by atomic mass is 19.1. The van der Waals surface area contributed by atoms with Crippen LogP contribution in [0.25, 0.3) is 0 Å². The number of unbranched alkanes of at least 4 members (excludes halogenated alkanes) is 1. The highest BCUT2D eigenvalue weighted by molar-refractivity contribution is 5.22. The van der Waals surface area contributed by atoms with Gasteiger partial charge in [-0.3, -0.25) is 0 Å². The van der Waals surface area contributed by atoms with Crippen molar-refractivity contribution in [3.63, 3.8) is 0 Å². The number of benzene rings is 1. The van der Waals surface area contributed by atoms with Gasteiger partial charge in [0, 0.05) is 0 Å². The van der Waals surface area contributed by atoms with Crippen molar-refractivity contribution >= 4 is 0 Å². The van der Waals surface area contributed by atoms with Gasteiger partial charge in [0.25, 0.3) is 0 Å². The lowest BCUT2D eigenvalue weighted by Crippen LogP contribution is -2.20. The second-order valence-electron chi connectivity index (χ2n) is 6.78. The summed E-state index contributed by atoms with van der Waals surface area (Å²) in [6.45, 7) is 2.89. The van der Waals surface area contributed by atoms with Crippen LogP contribution in [0.4, 0.5) is 4.39 Å². The van der Waals surface area contributed by atoms with Gasteiger partial charge in [0.2, 0.25) is 0 Å². The first-order chi connectivity index (χ1) is 12.2. The summed E-state index contributed by atoms with van der Waals surface area (Å²) in [7, 11) is 0. The SMILES string of the molecule is CCCCc1ccc(COC2CCC(C=CC=C(F)C#N)CC2)cc1. The minimum absolute atomic E-state index is 0.316. The van der Waals surface area contributed by atoms with Gasteiger partial charge in [0.1, 0.15) is 6.07 Å². The average molecular weight is 341 g/mol. The van der Waals surface area contributed by atoms with Crippen molar-refractivity contribution in [2.75, 3.05) is 0 Å². The summed E-state index contributed by atoms with van der Waals surface area (Å²) < 4.78 is 18.8. The first kappa shape index (κ1) is 19.4. The highest BCUT2D eigenvalue weighted by Gasteiger charge is 2.19. The molecule has 0 unspecified atom stereocenters. The van der Waals surface area contributed by atoms with Gasteiger partial charge >= 0.3 is 0 Å². The quantitative estimate of drug-likeness (QED) is 0.427. The highest BCUT2D eigenvalue weighted by Crippen LogP contribution is 2.28. The number of halogens is 1. The van der Waals surface area contributed by atoms with Gasteiger partial charge in [-0.1, -0.05) is 49.8 Å². The predicted molar refractivity (Wildman–Crippen MR) is 99.5 cm³/mol. The second-order valence-corrected chi connectivity index (χ2v) is 6.78. The van der Waals surface area contributed by atoms with Crippen LogP contribution in [0.15, 0.2) is 48.3 Å². The van der Waals surface area contributed by atoms with Crippen LogP contribution in [0, 0.1) is 17.2 Å². The summed E-state index contributed by atoms with van der Waals surface area (Å²) in [6.07, 6.45) is 13.0. The number of hydrogen-bond acceptors (Lipinski definition) is 2. The Balaban J connectivity index is 1.69. The standard InChI is InChI=1S/C22H28FNO/c1-2-3-5-18-8-10-20(11-9-18)17-25-22-14-12-19(13-15-22)6-4-7-21(23)16-24/h4,6-11,19,22H,2-3,5,12-15,17H2,1H3. The molecule has 0 bridgehead atoms. The molecule has 0 spiro atoms. The van der Waals surface area contributed by atoms with E-state index in [1.54, 1.807) is 6.08 Å². The molecule has 1 aliphatic rings. The molecule has 1 saturated carbocycles. The van der Waals surface area contributed by atoms with Crippen LogP contribution in [-0.2, 0) is 17.8 Å². The van der Waals surface area contributed by atoms with E-state index in [1.165, 1.54) is 36.1 Å². The van der Waals surface area contributed by atoms with Crippen LogP contribution in [-0.4, -0.2) is 6.10 Å². The van der Waals surface area contributed by atoms with Gasteiger partial charge in [0.15, 0.2) is 5.83 Å². The van der Waals surface area contributed by atoms with Crippen molar-refractivity contribution in [1.29, 1.82) is 5.26 Å². The third-order valence-electron chi connectivity index (χ3n) is 4.78. The van der Waals surface area contributed by atoms with Crippen LogP contribution in [0.3, 0.4) is 0 Å². The molecule has 0 atom stereocenters. The Morgan fingerprint density at radius 2 is 1.88 bits per heavy atom. The molecule has 0 aromatic heterocycles. The maximum Gasteiger partial charge on any atom is 0.199 e. The Kier molecular flexibility index (Phi) is 8.42. The van der Waals surface area contributed by atoms with Crippen LogP contribution in [0.1, 0.15) is 56.6 Å². The lowest BCUT2D eigenvalue weighted by atomic mass is 9.87. The van der Waals surface area contributed by atoms with E-state index in [1.807, 2.05) is 6.08 Å². The third-order valence-corrected chi connectivity index (χ3v) is 4.78. The molecule has 0 heterocycles. The Morgan fingerprint density at radius 1 is 1.20 bits per heavy atom. The smallest absolute Gasteiger partial charge is 0.199 e. The molecule has 3 heteroatoms. The van der Waals surface area contributed by atoms with Crippen molar-refractivity contribution < 1.29 is 9.13 Å². The molecule has 1 aromatic carbocycles. The minimum atomic E-state index is -0.742. The molecule has 0 amide bonds. The predicted octanol–water partition coefficient (Wildman–Crippen LogP) is 6.04. The number of aryl methyl sites for hydroxylation is 1. The first-order valence-corrected chi connectivity index (χ1v) is 9.34. The van der Waals surface area contributed by atoms with E-state index in [2.05, 4.69) is 31.2 Å². The van der Waals surface area contributed by atoms with E-state index in [9.17, 15) is 4.39 Å². The van der Waals surface area contributed by atoms with Crippen molar-refractivity contribution in [3.05, 3.63) is 59.4 Å². The summed E-state index contributed by atoms with van der Waals surface area (Å²) in [5.41, 5.74) is 2.64. The zero-order chi connectivity index (χ0) is 17.9. The molecule has 1 aliphatic carbocycles. The first-order valence-electron chi connectivity index (χ1n) is 9.34. The van der Waals surface area contributed by atoms with E-state index in [4.69, 9.17) is 10.00 Å². The average Bonchev–Trinajstić information content (AvgIpc) is 2.66. The molecule has 0 saturated heterocycles. The molecule has 1 fully saturated rings. The van der Waals surface area contributed by atoms with Crippen LogP contribution < -0.4 is 0 Å². The van der Waals surface area contributed by atoms with Crippen molar-refractivity contribution in [2.24, 2.45) is 5.92 Å². The summed E-state index contributed by atoms with van der Waals surface area (Å²) >= 11 is 0. The monoisotopic (exact) mass is 341 g/mol. The van der Waals surface area contributed by atoms with E-state index in [-0.39, 0.29) is 0 Å². The molecular formula is C22H28FNO. The van der Waals surface area contributed by atoms with Gasteiger partial charge in [0.05, 0.1) is 12.7 Å². The number of allylic oxidation sites excluding steroid dienone is 4. The molecule has 0 radical (unpaired) electrons. The van der Waals surface area contributed by atoms with Crippen LogP contribution in [0.5, 0.6) is 0 Å². The van der Waals surface area contributed by atoms with Crippen LogP contribution >= 0.6 is 0 Å². The van der Waals surface area contributed by atoms with E-state index in [0.29, 0.717) is 18.6 Å². The summed E-state index contributed by atoms with van der Waals surface area (Å²) in [4.78, 5) is 0. The maximum atomic E-state index is 12.7. The fourth-order valence-electron chi connectivity index (χ4n) is 3.18. The topological polar surface area (TPSA) is 33.0 Å². The number of hydrogen-bond donors (Lipinski definition) is 0. The summed E-state index contributed by atoms with van der Waals surface area (Å²) in [5, 5.41) is 8.37. The molecule has 1 aromatic rings. The molecule has 25 heavy (non-hydrogen) atoms. The lowest BCUT2D eigenvalue weighted by Gasteiger charge is -2.26. The number of rotatable bonds is 8. The zero-order valence-electron chi connectivity index (χ0n) is 15.1. The molecule has 0 N–H and O–H groups in total. The van der Waals surface area contributed by atoms with Gasteiger partial charge in [-0.2, -0.15) is 9.65 Å². The Bertz CT molecular complexity index is 604. The van der Waals surface area contributed by atoms with Crippen molar-refractivity contribution in [3.8, 4) is 6.07 Å². The molecule has 0 aliphatic heterocycles. The van der Waals surface area contributed by atoms with E-state index in [0.717, 1.165) is 32.1 Å². The molecule has 2 nitrogen and oxygen atoms in total. The molecular weight excluding hydrogens is 313 g/mol. The van der Waals surface area contributed by atoms with Gasteiger partial charge in [-0.25, -0.2) is 0 Å². The fraction of sp³-hybridized carbons (Fsp3) is 0.500. The number of nitrogens with zero attached hydrogens (tertiary/aromatic N) is 1. The zero-order valence-corrected chi connectivity index (χ0v) is 15.1. The van der Waals surface area contributed by atoms with E-state index >= 15 is 0 Å². The Labute approximate surface area is 151 Å². The maximum absolute atomic E-state index is 12.7. The second kappa shape index (κ2) is 10.8. The number of ether oxygens (including phenoxy) is 1. The van der Waals surface area contributed by atoms with Gasteiger partial charge in [-0.05, 0) is 61.6 Å².